The number of amides is 2. The normalized spacial score (nSPS) is 19.5. The third-order valence-electron chi connectivity index (χ3n) is 7.24. The van der Waals surface area contributed by atoms with Gasteiger partial charge in [0.1, 0.15) is 11.7 Å². The van der Waals surface area contributed by atoms with Crippen LogP contribution in [-0.4, -0.2) is 51.4 Å². The first-order valence-corrected chi connectivity index (χ1v) is 14.4. The second kappa shape index (κ2) is 12.7. The Labute approximate surface area is 246 Å². The molecule has 1 fully saturated rings. The largest absolute Gasteiger partial charge is 0.481 e. The van der Waals surface area contributed by atoms with Crippen molar-refractivity contribution in [1.82, 2.24) is 10.3 Å². The predicted molar refractivity (Wildman–Crippen MR) is 156 cm³/mol. The van der Waals surface area contributed by atoms with Gasteiger partial charge < -0.3 is 25.3 Å². The van der Waals surface area contributed by atoms with Crippen LogP contribution in [-0.2, 0) is 25.6 Å². The number of pyridine rings is 1. The van der Waals surface area contributed by atoms with Gasteiger partial charge in [-0.05, 0) is 81.5 Å². The van der Waals surface area contributed by atoms with E-state index in [1.807, 2.05) is 12.1 Å². The summed E-state index contributed by atoms with van der Waals surface area (Å²) < 4.78 is 6.26. The summed E-state index contributed by atoms with van der Waals surface area (Å²) in [6.45, 7) is 5.22. The lowest BCUT2D eigenvalue weighted by Crippen LogP contribution is -2.39. The Balaban J connectivity index is 1.50. The number of carbonyl (C=O) groups excluding carboxylic acids is 2. The maximum Gasteiger partial charge on any atom is 0.407 e. The van der Waals surface area contributed by atoms with Crippen LogP contribution < -0.4 is 10.6 Å². The fourth-order valence-electron chi connectivity index (χ4n) is 5.11. The zero-order chi connectivity index (χ0) is 30.5. The van der Waals surface area contributed by atoms with Crippen LogP contribution >= 0.6 is 11.3 Å². The van der Waals surface area contributed by atoms with Crippen molar-refractivity contribution in [1.29, 1.82) is 0 Å². The molecule has 2 amide bonds. The number of thiophene rings is 1. The number of aliphatic carboxylic acids is 1. The molecule has 0 radical (unpaired) electrons. The second-order valence-electron chi connectivity index (χ2n) is 11.5. The predicted octanol–water partition coefficient (Wildman–Crippen LogP) is 5.31. The lowest BCUT2D eigenvalue weighted by atomic mass is 9.69. The maximum absolute atomic E-state index is 13.5. The third kappa shape index (κ3) is 7.93. The van der Waals surface area contributed by atoms with E-state index in [0.29, 0.717) is 10.6 Å². The number of nitrogens with one attached hydrogen (secondary N) is 2. The highest BCUT2D eigenvalue weighted by Gasteiger charge is 2.43. The maximum atomic E-state index is 13.5. The summed E-state index contributed by atoms with van der Waals surface area (Å²) in [5, 5.41) is 27.1. The topological polar surface area (TPSA) is 170 Å². The number of hydrogen-bond acceptors (Lipinski definition) is 9. The highest BCUT2D eigenvalue weighted by molar-refractivity contribution is 7.22. The summed E-state index contributed by atoms with van der Waals surface area (Å²) in [5.41, 5.74) is -0.388. The number of carboxylic acids is 1. The van der Waals surface area contributed by atoms with Crippen molar-refractivity contribution in [3.05, 3.63) is 70.0 Å². The van der Waals surface area contributed by atoms with Crippen LogP contribution in [0.2, 0.25) is 0 Å². The van der Waals surface area contributed by atoms with E-state index in [2.05, 4.69) is 20.5 Å². The SMILES string of the molecule is CC(C)(C)OC(=O)NC[C@@H](C(=O)Nc1cc2ccncc2s1)c1ccc(CC2(C(=O)O)CCC(O[N+](=O)[O-])CC2)cc1. The van der Waals surface area contributed by atoms with E-state index in [0.717, 1.165) is 15.6 Å². The molecule has 0 spiro atoms. The number of fused-ring (bicyclic) bond motifs is 1. The van der Waals surface area contributed by atoms with Crippen molar-refractivity contribution in [2.24, 2.45) is 5.41 Å². The molecule has 1 atom stereocenters. The number of hydrogen-bond donors (Lipinski definition) is 3. The van der Waals surface area contributed by atoms with E-state index in [9.17, 15) is 29.6 Å². The van der Waals surface area contributed by atoms with Crippen LogP contribution in [0.4, 0.5) is 9.80 Å². The van der Waals surface area contributed by atoms with E-state index in [4.69, 9.17) is 4.74 Å². The average molecular weight is 599 g/mol. The number of carboxylic acid groups (broad SMARTS) is 1. The number of ether oxygens (including phenoxy) is 1. The summed E-state index contributed by atoms with van der Waals surface area (Å²) in [4.78, 5) is 57.6. The number of alkyl carbamates (subject to hydrolysis) is 1. The molecule has 0 aliphatic heterocycles. The summed E-state index contributed by atoms with van der Waals surface area (Å²) in [6, 6.07) is 10.8. The van der Waals surface area contributed by atoms with Crippen molar-refractivity contribution in [3.63, 3.8) is 0 Å². The molecular formula is C29H34N4O8S. The van der Waals surface area contributed by atoms with Crippen LogP contribution in [0.3, 0.4) is 0 Å². The number of aromatic nitrogens is 1. The standard InChI is InChI=1S/C29H34N4O8S/c1-28(2,3)40-27(37)31-16-22(25(34)32-24-14-20-10-13-30-17-23(20)42-24)19-6-4-18(5-7-19)15-29(26(35)36)11-8-21(9-12-29)41-33(38)39/h4-7,10,13-14,17,21-22H,8-9,11-12,15-16H2,1-3H3,(H,31,37)(H,32,34)(H,35,36)/t21?,22-,29?/m1/s1. The van der Waals surface area contributed by atoms with Crippen molar-refractivity contribution in [3.8, 4) is 0 Å². The number of carbonyl (C=O) groups is 3. The molecule has 0 unspecified atom stereocenters. The molecular weight excluding hydrogens is 564 g/mol. The molecule has 0 saturated heterocycles. The molecule has 3 N–H and O–H groups in total. The van der Waals surface area contributed by atoms with Crippen LogP contribution in [0.25, 0.3) is 10.1 Å². The number of nitrogens with zero attached hydrogens (tertiary/aromatic N) is 2. The van der Waals surface area contributed by atoms with Gasteiger partial charge in [0.15, 0.2) is 0 Å². The first-order valence-electron chi connectivity index (χ1n) is 13.6. The Bertz CT molecular complexity index is 1410. The first-order chi connectivity index (χ1) is 19.8. The molecule has 4 rings (SSSR count). The fraction of sp³-hybridized carbons (Fsp3) is 0.448. The van der Waals surface area contributed by atoms with Crippen LogP contribution in [0.5, 0.6) is 0 Å². The molecule has 13 heteroatoms. The smallest absolute Gasteiger partial charge is 0.407 e. The van der Waals surface area contributed by atoms with Gasteiger partial charge in [0.2, 0.25) is 5.91 Å². The molecule has 1 aliphatic carbocycles. The van der Waals surface area contributed by atoms with Crippen LogP contribution in [0, 0.1) is 15.5 Å². The van der Waals surface area contributed by atoms with Crippen LogP contribution in [0.15, 0.2) is 48.8 Å². The summed E-state index contributed by atoms with van der Waals surface area (Å²) in [6.07, 6.45) is 3.43. The van der Waals surface area contributed by atoms with Gasteiger partial charge in [0.05, 0.1) is 21.0 Å². The Morgan fingerprint density at radius 2 is 1.88 bits per heavy atom. The summed E-state index contributed by atoms with van der Waals surface area (Å²) >= 11 is 1.39. The highest BCUT2D eigenvalue weighted by atomic mass is 32.1. The quantitative estimate of drug-likeness (QED) is 0.207. The molecule has 1 saturated carbocycles. The van der Waals surface area contributed by atoms with Gasteiger partial charge in [0.25, 0.3) is 5.09 Å². The van der Waals surface area contributed by atoms with Gasteiger partial charge in [-0.2, -0.15) is 0 Å². The molecule has 2 heterocycles. The molecule has 1 aromatic carbocycles. The Kier molecular flexibility index (Phi) is 9.30. The molecule has 1 aliphatic rings. The molecule has 42 heavy (non-hydrogen) atoms. The molecule has 0 bridgehead atoms. The zero-order valence-electron chi connectivity index (χ0n) is 23.6. The van der Waals surface area contributed by atoms with Crippen molar-refractivity contribution in [2.75, 3.05) is 11.9 Å². The average Bonchev–Trinajstić information content (AvgIpc) is 3.32. The molecule has 12 nitrogen and oxygen atoms in total. The van der Waals surface area contributed by atoms with E-state index in [1.54, 1.807) is 57.4 Å². The number of benzene rings is 1. The van der Waals surface area contributed by atoms with Crippen molar-refractivity contribution >= 4 is 44.4 Å². The highest BCUT2D eigenvalue weighted by Crippen LogP contribution is 2.41. The fourth-order valence-corrected chi connectivity index (χ4v) is 6.04. The summed E-state index contributed by atoms with van der Waals surface area (Å²) in [5.74, 6) is -2.05. The van der Waals surface area contributed by atoms with E-state index >= 15 is 0 Å². The summed E-state index contributed by atoms with van der Waals surface area (Å²) in [7, 11) is 0. The Morgan fingerprint density at radius 1 is 1.19 bits per heavy atom. The minimum atomic E-state index is -1.07. The minimum absolute atomic E-state index is 0.0244. The molecule has 3 aromatic rings. The lowest BCUT2D eigenvalue weighted by Gasteiger charge is -2.36. The molecule has 224 valence electrons. The van der Waals surface area contributed by atoms with Gasteiger partial charge in [0, 0.05) is 18.9 Å². The van der Waals surface area contributed by atoms with Gasteiger partial charge in [-0.1, -0.05) is 24.3 Å². The molecule has 2 aromatic heterocycles. The van der Waals surface area contributed by atoms with Crippen molar-refractivity contribution in [2.45, 2.75) is 70.5 Å². The number of anilines is 1. The van der Waals surface area contributed by atoms with Crippen LogP contribution in [0.1, 0.15) is 63.5 Å². The van der Waals surface area contributed by atoms with E-state index in [-0.39, 0.29) is 44.6 Å². The third-order valence-corrected chi connectivity index (χ3v) is 8.24. The van der Waals surface area contributed by atoms with Crippen molar-refractivity contribution < 1.29 is 34.2 Å². The van der Waals surface area contributed by atoms with Gasteiger partial charge in [-0.3, -0.25) is 14.6 Å². The Hall–Kier alpha value is -4.26. The van der Waals surface area contributed by atoms with E-state index < -0.39 is 40.2 Å². The second-order valence-corrected chi connectivity index (χ2v) is 12.6. The minimum Gasteiger partial charge on any atom is -0.481 e. The van der Waals surface area contributed by atoms with E-state index in [1.165, 1.54) is 11.3 Å². The first kappa shape index (κ1) is 30.7. The van der Waals surface area contributed by atoms with Gasteiger partial charge in [-0.25, -0.2) is 4.79 Å². The monoisotopic (exact) mass is 598 g/mol. The van der Waals surface area contributed by atoms with Gasteiger partial charge >= 0.3 is 12.1 Å². The Morgan fingerprint density at radius 3 is 2.48 bits per heavy atom. The lowest BCUT2D eigenvalue weighted by molar-refractivity contribution is -0.769. The van der Waals surface area contributed by atoms with Gasteiger partial charge in [-0.15, -0.1) is 21.5 Å². The zero-order valence-corrected chi connectivity index (χ0v) is 24.4. The number of rotatable bonds is 10.